The third-order valence-corrected chi connectivity index (χ3v) is 4.22. The van der Waals surface area contributed by atoms with Crippen LogP contribution in [0.5, 0.6) is 5.75 Å². The Labute approximate surface area is 180 Å². The van der Waals surface area contributed by atoms with Crippen molar-refractivity contribution in [2.75, 3.05) is 19.0 Å². The highest BCUT2D eigenvalue weighted by Gasteiger charge is 2.07. The number of carbonyl (C=O) groups is 2. The van der Waals surface area contributed by atoms with E-state index in [4.69, 9.17) is 14.3 Å². The number of esters is 1. The Morgan fingerprint density at radius 3 is 2.32 bits per heavy atom. The zero-order valence-electron chi connectivity index (χ0n) is 17.0. The number of nitrogens with one attached hydrogen (secondary N) is 1. The van der Waals surface area contributed by atoms with Gasteiger partial charge < -0.3 is 19.6 Å². The summed E-state index contributed by atoms with van der Waals surface area (Å²) in [5, 5.41) is 6.56. The molecule has 7 nitrogen and oxygen atoms in total. The number of oxime groups is 1. The highest BCUT2D eigenvalue weighted by atomic mass is 16.6. The zero-order chi connectivity index (χ0) is 21.9. The van der Waals surface area contributed by atoms with Crippen LogP contribution in [-0.2, 0) is 21.0 Å². The van der Waals surface area contributed by atoms with Crippen molar-refractivity contribution in [1.82, 2.24) is 0 Å². The van der Waals surface area contributed by atoms with Crippen molar-refractivity contribution in [2.24, 2.45) is 5.16 Å². The van der Waals surface area contributed by atoms with Crippen LogP contribution in [0, 0.1) is 0 Å². The minimum atomic E-state index is -0.544. The van der Waals surface area contributed by atoms with Gasteiger partial charge in [0.15, 0.2) is 0 Å². The summed E-state index contributed by atoms with van der Waals surface area (Å²) in [4.78, 5) is 29.0. The van der Waals surface area contributed by atoms with E-state index < -0.39 is 5.97 Å². The van der Waals surface area contributed by atoms with Crippen molar-refractivity contribution in [3.8, 4) is 5.75 Å². The summed E-state index contributed by atoms with van der Waals surface area (Å²) in [6.45, 7) is -0.227. The van der Waals surface area contributed by atoms with Crippen LogP contribution in [0.2, 0.25) is 0 Å². The van der Waals surface area contributed by atoms with Gasteiger partial charge >= 0.3 is 5.97 Å². The average Bonchev–Trinajstić information content (AvgIpc) is 2.82. The maximum atomic E-state index is 12.2. The number of anilines is 1. The third kappa shape index (κ3) is 7.01. The maximum Gasteiger partial charge on any atom is 0.347 e. The number of hydrogen-bond acceptors (Lipinski definition) is 6. The monoisotopic (exact) mass is 418 g/mol. The topological polar surface area (TPSA) is 86.2 Å². The Bertz CT molecular complexity index is 1020. The molecule has 0 spiro atoms. The Kier molecular flexibility index (Phi) is 7.77. The molecule has 0 fully saturated rings. The molecule has 3 rings (SSSR count). The Hall–Kier alpha value is -4.13. The number of hydrogen-bond donors (Lipinski definition) is 1. The Morgan fingerprint density at radius 1 is 0.935 bits per heavy atom. The van der Waals surface area contributed by atoms with Crippen LogP contribution < -0.4 is 10.1 Å². The first-order valence-corrected chi connectivity index (χ1v) is 9.54. The third-order valence-electron chi connectivity index (χ3n) is 4.22. The molecule has 0 aliphatic carbocycles. The van der Waals surface area contributed by atoms with E-state index in [1.807, 2.05) is 42.5 Å². The number of para-hydroxylation sites is 1. The van der Waals surface area contributed by atoms with Crippen molar-refractivity contribution in [3.63, 3.8) is 0 Å². The first-order valence-electron chi connectivity index (χ1n) is 9.54. The normalized spacial score (nSPS) is 10.5. The van der Waals surface area contributed by atoms with Crippen molar-refractivity contribution >= 4 is 23.8 Å². The number of amides is 1. The lowest BCUT2D eigenvalue weighted by Gasteiger charge is -2.07. The number of carbonyl (C=O) groups excluding carboxylic acids is 2. The summed E-state index contributed by atoms with van der Waals surface area (Å²) < 4.78 is 10.2. The van der Waals surface area contributed by atoms with Crippen molar-refractivity contribution in [2.45, 2.75) is 6.61 Å². The van der Waals surface area contributed by atoms with Crippen LogP contribution in [0.15, 0.2) is 84.0 Å². The number of ether oxygens (including phenoxy) is 2. The van der Waals surface area contributed by atoms with E-state index >= 15 is 0 Å². The molecule has 0 radical (unpaired) electrons. The van der Waals surface area contributed by atoms with Gasteiger partial charge in [-0.05, 0) is 59.7 Å². The fourth-order valence-corrected chi connectivity index (χ4v) is 2.56. The summed E-state index contributed by atoms with van der Waals surface area (Å²) >= 11 is 0. The van der Waals surface area contributed by atoms with Crippen LogP contribution in [0.4, 0.5) is 5.69 Å². The predicted octanol–water partition coefficient (Wildman–Crippen LogP) is 4.04. The quantitative estimate of drug-likeness (QED) is 0.322. The summed E-state index contributed by atoms with van der Waals surface area (Å²) in [5.41, 5.74) is 2.80. The van der Waals surface area contributed by atoms with E-state index in [1.165, 1.54) is 6.21 Å². The van der Waals surface area contributed by atoms with E-state index in [9.17, 15) is 9.59 Å². The molecular formula is C24H22N2O5. The fraction of sp³-hybridized carbons (Fsp3) is 0.125. The second-order valence-electron chi connectivity index (χ2n) is 6.46. The standard InChI is InChI=1S/C24H22N2O5/c1-29-22-13-9-18(10-14-22)15-25-31-17-23(27)30-16-19-7-11-20(12-8-19)24(28)26-21-5-3-2-4-6-21/h2-15H,16-17H2,1H3,(H,26,28)/b25-15-. The van der Waals surface area contributed by atoms with Gasteiger partial charge in [0, 0.05) is 11.3 Å². The van der Waals surface area contributed by atoms with Gasteiger partial charge in [-0.3, -0.25) is 4.79 Å². The van der Waals surface area contributed by atoms with Gasteiger partial charge in [0.2, 0.25) is 6.61 Å². The van der Waals surface area contributed by atoms with E-state index in [2.05, 4.69) is 10.5 Å². The molecule has 0 heterocycles. The minimum absolute atomic E-state index is 0.0744. The summed E-state index contributed by atoms with van der Waals surface area (Å²) in [7, 11) is 1.59. The summed E-state index contributed by atoms with van der Waals surface area (Å²) in [6, 6.07) is 23.2. The molecule has 0 saturated carbocycles. The number of methoxy groups -OCH3 is 1. The molecule has 3 aromatic carbocycles. The Balaban J connectivity index is 1.39. The molecule has 0 aliphatic heterocycles. The zero-order valence-corrected chi connectivity index (χ0v) is 17.0. The highest BCUT2D eigenvalue weighted by molar-refractivity contribution is 6.04. The minimum Gasteiger partial charge on any atom is -0.497 e. The van der Waals surface area contributed by atoms with Crippen molar-refractivity contribution < 1.29 is 23.9 Å². The maximum absolute atomic E-state index is 12.2. The van der Waals surface area contributed by atoms with Gasteiger partial charge in [-0.15, -0.1) is 0 Å². The molecule has 3 aromatic rings. The number of rotatable bonds is 9. The van der Waals surface area contributed by atoms with Crippen molar-refractivity contribution in [1.29, 1.82) is 0 Å². The molecule has 0 bridgehead atoms. The van der Waals surface area contributed by atoms with E-state index in [0.717, 1.165) is 22.6 Å². The molecule has 0 aromatic heterocycles. The van der Waals surface area contributed by atoms with Crippen molar-refractivity contribution in [3.05, 3.63) is 95.6 Å². The van der Waals surface area contributed by atoms with Gasteiger partial charge in [0.1, 0.15) is 12.4 Å². The second kappa shape index (κ2) is 11.2. The fourth-order valence-electron chi connectivity index (χ4n) is 2.56. The summed E-state index contributed by atoms with van der Waals surface area (Å²) in [6.07, 6.45) is 1.49. The van der Waals surface area contributed by atoms with Crippen LogP contribution in [0.3, 0.4) is 0 Å². The lowest BCUT2D eigenvalue weighted by atomic mass is 10.1. The smallest absolute Gasteiger partial charge is 0.347 e. The van der Waals surface area contributed by atoms with Gasteiger partial charge in [-0.2, -0.15) is 0 Å². The molecule has 1 amide bonds. The SMILES string of the molecule is COc1ccc(/C=N\OCC(=O)OCc2ccc(C(=O)Nc3ccccc3)cc2)cc1. The second-order valence-corrected chi connectivity index (χ2v) is 6.46. The number of nitrogens with zero attached hydrogens (tertiary/aromatic N) is 1. The average molecular weight is 418 g/mol. The predicted molar refractivity (Wildman–Crippen MR) is 117 cm³/mol. The molecule has 0 aliphatic rings. The molecular weight excluding hydrogens is 396 g/mol. The van der Waals surface area contributed by atoms with E-state index in [0.29, 0.717) is 5.56 Å². The first kappa shape index (κ1) is 21.6. The number of benzene rings is 3. The van der Waals surface area contributed by atoms with Gasteiger partial charge in [0.25, 0.3) is 5.91 Å². The molecule has 0 unspecified atom stereocenters. The van der Waals surface area contributed by atoms with E-state index in [1.54, 1.807) is 43.5 Å². The molecule has 31 heavy (non-hydrogen) atoms. The molecule has 158 valence electrons. The molecule has 0 saturated heterocycles. The van der Waals surface area contributed by atoms with Gasteiger partial charge in [0.05, 0.1) is 13.3 Å². The largest absolute Gasteiger partial charge is 0.497 e. The van der Waals surface area contributed by atoms with Crippen LogP contribution in [-0.4, -0.2) is 31.8 Å². The van der Waals surface area contributed by atoms with Crippen LogP contribution >= 0.6 is 0 Å². The van der Waals surface area contributed by atoms with Gasteiger partial charge in [-0.25, -0.2) is 4.79 Å². The van der Waals surface area contributed by atoms with Crippen LogP contribution in [0.25, 0.3) is 0 Å². The van der Waals surface area contributed by atoms with Gasteiger partial charge in [-0.1, -0.05) is 35.5 Å². The molecule has 7 heteroatoms. The van der Waals surface area contributed by atoms with E-state index in [-0.39, 0.29) is 19.1 Å². The lowest BCUT2D eigenvalue weighted by molar-refractivity contribution is -0.150. The lowest BCUT2D eigenvalue weighted by Crippen LogP contribution is -2.12. The first-order chi connectivity index (χ1) is 15.1. The summed E-state index contributed by atoms with van der Waals surface area (Å²) in [5.74, 6) is -0.0119. The molecule has 0 atom stereocenters. The highest BCUT2D eigenvalue weighted by Crippen LogP contribution is 2.11. The molecule has 1 N–H and O–H groups in total. The Morgan fingerprint density at radius 2 is 1.65 bits per heavy atom. The van der Waals surface area contributed by atoms with Crippen LogP contribution in [0.1, 0.15) is 21.5 Å².